The molecule has 0 aliphatic rings. The fraction of sp³-hybridized carbons (Fsp3) is 0.200. The molecule has 9 heavy (non-hydrogen) atoms. The number of halogens is 2. The van der Waals surface area contributed by atoms with Crippen molar-refractivity contribution in [1.29, 1.82) is 0 Å². The minimum absolute atomic E-state index is 0. The Morgan fingerprint density at radius 1 is 1.11 bits per heavy atom. The summed E-state index contributed by atoms with van der Waals surface area (Å²) >= 11 is 0. The van der Waals surface area contributed by atoms with Crippen LogP contribution >= 0.6 is 0 Å². The Bertz CT molecular complexity index is 63.4. The maximum Gasteiger partial charge on any atom is 2.00 e. The first-order valence-electron chi connectivity index (χ1n) is 2.15. The first-order valence-corrected chi connectivity index (χ1v) is 3.31. The van der Waals surface area contributed by atoms with Crippen LogP contribution in [0.5, 0.6) is 0 Å². The summed E-state index contributed by atoms with van der Waals surface area (Å²) in [6.07, 6.45) is 6.12. The third-order valence-corrected chi connectivity index (χ3v) is 0.881. The van der Waals surface area contributed by atoms with Crippen LogP contribution in [-0.2, 0) is 21.7 Å². The molecule has 0 aromatic heterocycles. The van der Waals surface area contributed by atoms with Crippen LogP contribution in [0.2, 0.25) is 0 Å². The quantitative estimate of drug-likeness (QED) is 0.303. The van der Waals surface area contributed by atoms with Crippen LogP contribution in [0, 0.1) is 0 Å². The molecule has 0 fully saturated rings. The van der Waals surface area contributed by atoms with Gasteiger partial charge in [0.15, 0.2) is 0 Å². The third-order valence-electron chi connectivity index (χ3n) is 0.496. The van der Waals surface area contributed by atoms with Gasteiger partial charge in [0.25, 0.3) is 0 Å². The van der Waals surface area contributed by atoms with Crippen molar-refractivity contribution in [2.75, 3.05) is 0 Å². The van der Waals surface area contributed by atoms with Crippen molar-refractivity contribution < 1.29 is 46.5 Å². The summed E-state index contributed by atoms with van der Waals surface area (Å²) in [5.74, 6) is 0. The third kappa shape index (κ3) is 27.6. The van der Waals surface area contributed by atoms with Gasteiger partial charge >= 0.3 is 21.7 Å². The summed E-state index contributed by atoms with van der Waals surface area (Å²) in [4.78, 5) is 0. The fourth-order valence-electron chi connectivity index (χ4n) is 0.222. The van der Waals surface area contributed by atoms with Gasteiger partial charge in [-0.05, 0) is 6.92 Å². The number of hydrogen-bond acceptors (Lipinski definition) is 0. The molecule has 0 amide bonds. The average Bonchev–Trinajstić information content (AvgIpc) is 1.61. The molecule has 0 atom stereocenters. The molecular weight excluding hydrogens is 207 g/mol. The second-order valence-electron chi connectivity index (χ2n) is 1.05. The molecule has 0 bridgehead atoms. The number of rotatable bonds is 1. The summed E-state index contributed by atoms with van der Waals surface area (Å²) in [5, 5.41) is 0. The zero-order valence-corrected chi connectivity index (χ0v) is 10.6. The van der Waals surface area contributed by atoms with Crippen LogP contribution in [-0.4, -0.2) is 10.2 Å². The Morgan fingerprint density at radius 2 is 1.56 bits per heavy atom. The van der Waals surface area contributed by atoms with E-state index in [1.54, 1.807) is 0 Å². The van der Waals surface area contributed by atoms with Gasteiger partial charge in [-0.2, -0.15) is 0 Å². The van der Waals surface area contributed by atoms with Gasteiger partial charge in [-0.15, -0.1) is 5.70 Å². The van der Waals surface area contributed by atoms with Crippen LogP contribution in [0.25, 0.3) is 0 Å². The predicted molar refractivity (Wildman–Crippen MR) is 33.9 cm³/mol. The molecule has 0 rings (SSSR count). The molecule has 0 aromatic carbocycles. The molecule has 0 aliphatic heterocycles. The van der Waals surface area contributed by atoms with Gasteiger partial charge in [0.05, 0.1) is 0 Å². The molecule has 0 spiro atoms. The van der Waals surface area contributed by atoms with Crippen molar-refractivity contribution in [3.8, 4) is 0 Å². The normalized spacial score (nSPS) is 8.11. The Morgan fingerprint density at radius 3 is 1.67 bits per heavy atom. The predicted octanol–water partition coefficient (Wildman–Crippen LogP) is -5.55. The van der Waals surface area contributed by atoms with Gasteiger partial charge < -0.3 is 24.8 Å². The van der Waals surface area contributed by atoms with E-state index in [1.807, 2.05) is 19.1 Å². The topological polar surface area (TPSA) is 0 Å². The van der Waals surface area contributed by atoms with E-state index in [9.17, 15) is 0 Å². The molecule has 0 radical (unpaired) electrons. The summed E-state index contributed by atoms with van der Waals surface area (Å²) in [7, 11) is 1.17. The maximum absolute atomic E-state index is 2.14. The Balaban J connectivity index is -0.0000000417. The summed E-state index contributed by atoms with van der Waals surface area (Å²) in [6, 6.07) is 0. The van der Waals surface area contributed by atoms with Gasteiger partial charge in [-0.3, -0.25) is 0 Å². The van der Waals surface area contributed by atoms with E-state index in [0.717, 1.165) is 0 Å². The summed E-state index contributed by atoms with van der Waals surface area (Å²) < 4.78 is 0. The standard InChI is InChI=1S/C5H10Si.2ClH.Ti/c1-2-3-4-5-6;;;/h2-5H,1,6H3;2*1H;/q;;;+2/p-2. The number of hydrogen-bond donors (Lipinski definition) is 0. The SMILES string of the molecule is CC=CC=C[SiH3].[Cl-].[Cl-].[Ti+2]. The monoisotopic (exact) mass is 216 g/mol. The second kappa shape index (κ2) is 23.0. The second-order valence-corrected chi connectivity index (χ2v) is 1.72. The van der Waals surface area contributed by atoms with Gasteiger partial charge in [0.2, 0.25) is 0 Å². The molecule has 0 unspecified atom stereocenters. The zero-order chi connectivity index (χ0) is 4.83. The molecular formula is C5H10Cl2SiTi. The average molecular weight is 217 g/mol. The van der Waals surface area contributed by atoms with E-state index in [1.165, 1.54) is 10.2 Å². The Kier molecular flexibility index (Phi) is 57.6. The molecule has 4 heteroatoms. The van der Waals surface area contributed by atoms with E-state index in [0.29, 0.717) is 0 Å². The fourth-order valence-corrected chi connectivity index (χ4v) is 0.444. The first-order chi connectivity index (χ1) is 2.91. The smallest absolute Gasteiger partial charge is 1.00 e. The van der Waals surface area contributed by atoms with Crippen LogP contribution in [0.4, 0.5) is 0 Å². The van der Waals surface area contributed by atoms with E-state index in [2.05, 4.69) is 11.8 Å². The first kappa shape index (κ1) is 22.5. The van der Waals surface area contributed by atoms with Crippen LogP contribution < -0.4 is 24.8 Å². The Hall–Kier alpha value is 0.991. The molecule has 0 saturated carbocycles. The summed E-state index contributed by atoms with van der Waals surface area (Å²) in [6.45, 7) is 2.02. The van der Waals surface area contributed by atoms with Crippen LogP contribution in [0.3, 0.4) is 0 Å². The molecule has 0 saturated heterocycles. The molecule has 52 valence electrons. The van der Waals surface area contributed by atoms with Gasteiger partial charge in [0.1, 0.15) is 0 Å². The molecule has 0 heterocycles. The van der Waals surface area contributed by atoms with Crippen molar-refractivity contribution in [1.82, 2.24) is 0 Å². The van der Waals surface area contributed by atoms with Gasteiger partial charge in [0, 0.05) is 10.2 Å². The minimum atomic E-state index is 0. The van der Waals surface area contributed by atoms with Crippen molar-refractivity contribution in [3.05, 3.63) is 23.9 Å². The van der Waals surface area contributed by atoms with E-state index < -0.39 is 0 Å². The van der Waals surface area contributed by atoms with Crippen molar-refractivity contribution in [2.24, 2.45) is 0 Å². The molecule has 0 nitrogen and oxygen atoms in total. The van der Waals surface area contributed by atoms with E-state index in [4.69, 9.17) is 0 Å². The summed E-state index contributed by atoms with van der Waals surface area (Å²) in [5.41, 5.74) is 2.14. The molecule has 0 aromatic rings. The van der Waals surface area contributed by atoms with Crippen molar-refractivity contribution in [2.45, 2.75) is 6.92 Å². The van der Waals surface area contributed by atoms with Crippen molar-refractivity contribution >= 4 is 10.2 Å². The number of allylic oxidation sites excluding steroid dienone is 3. The maximum atomic E-state index is 2.14. The minimum Gasteiger partial charge on any atom is -1.00 e. The van der Waals surface area contributed by atoms with Gasteiger partial charge in [-0.1, -0.05) is 18.2 Å². The van der Waals surface area contributed by atoms with Crippen molar-refractivity contribution in [3.63, 3.8) is 0 Å². The Labute approximate surface area is 87.3 Å². The molecule has 0 N–H and O–H groups in total. The van der Waals surface area contributed by atoms with E-state index >= 15 is 0 Å². The van der Waals surface area contributed by atoms with Gasteiger partial charge in [-0.25, -0.2) is 0 Å². The zero-order valence-electron chi connectivity index (χ0n) is 5.57. The molecule has 0 aliphatic carbocycles. The van der Waals surface area contributed by atoms with E-state index in [-0.39, 0.29) is 46.5 Å². The largest absolute Gasteiger partial charge is 2.00 e. The van der Waals surface area contributed by atoms with Crippen LogP contribution in [0.1, 0.15) is 6.92 Å². The van der Waals surface area contributed by atoms with Crippen LogP contribution in [0.15, 0.2) is 23.9 Å².